The van der Waals surface area contributed by atoms with Gasteiger partial charge in [0.25, 0.3) is 0 Å². The minimum atomic E-state index is 0.457. The van der Waals surface area contributed by atoms with Crippen molar-refractivity contribution in [1.82, 2.24) is 15.0 Å². The van der Waals surface area contributed by atoms with E-state index in [-0.39, 0.29) is 0 Å². The van der Waals surface area contributed by atoms with Crippen molar-refractivity contribution in [1.29, 1.82) is 0 Å². The van der Waals surface area contributed by atoms with Crippen LogP contribution < -0.4 is 25.4 Å². The summed E-state index contributed by atoms with van der Waals surface area (Å²) < 4.78 is 10.6. The van der Waals surface area contributed by atoms with Crippen molar-refractivity contribution in [3.05, 3.63) is 59.7 Å². The van der Waals surface area contributed by atoms with Crippen LogP contribution in [0.5, 0.6) is 11.5 Å². The third-order valence-electron chi connectivity index (χ3n) is 8.38. The summed E-state index contributed by atoms with van der Waals surface area (Å²) in [5.74, 6) is 6.81. The molecule has 7 rings (SSSR count). The second kappa shape index (κ2) is 10.4. The number of rotatable bonds is 10. The van der Waals surface area contributed by atoms with Crippen molar-refractivity contribution in [3.63, 3.8) is 0 Å². The van der Waals surface area contributed by atoms with Crippen molar-refractivity contribution < 1.29 is 9.47 Å². The van der Waals surface area contributed by atoms with Crippen LogP contribution in [0.3, 0.4) is 0 Å². The van der Waals surface area contributed by atoms with Gasteiger partial charge in [-0.2, -0.15) is 15.0 Å². The molecule has 8 heteroatoms. The van der Waals surface area contributed by atoms with Crippen LogP contribution in [0.1, 0.15) is 43.2 Å². The number of nitrogens with one attached hydrogen (secondary N) is 3. The standard InChI is InChI=1S/C29H36N6O2/c1-36-24-7-3-18(4-8-24)16-30-27-33-28(31-17-19-5-9-25(37-2)10-6-19)35-29(34-27)32-26-22-12-20-11-21(14-22)15-23(26)13-20/h3-10,20-23,26H,11-17H2,1-2H3,(H3,30,31,32,33,34,35). The van der Waals surface area contributed by atoms with E-state index in [1.807, 2.05) is 48.5 Å². The van der Waals surface area contributed by atoms with E-state index in [1.54, 1.807) is 14.2 Å². The molecular weight excluding hydrogens is 464 g/mol. The molecule has 3 N–H and O–H groups in total. The first-order valence-electron chi connectivity index (χ1n) is 13.4. The molecule has 0 unspecified atom stereocenters. The Morgan fingerprint density at radius 1 is 0.622 bits per heavy atom. The molecule has 0 amide bonds. The largest absolute Gasteiger partial charge is 0.497 e. The molecule has 37 heavy (non-hydrogen) atoms. The maximum absolute atomic E-state index is 5.28. The normalized spacial score (nSPS) is 25.5. The van der Waals surface area contributed by atoms with E-state index < -0.39 is 0 Å². The first-order chi connectivity index (χ1) is 18.1. The summed E-state index contributed by atoms with van der Waals surface area (Å²) in [7, 11) is 3.35. The van der Waals surface area contributed by atoms with Crippen molar-refractivity contribution in [2.75, 3.05) is 30.2 Å². The Labute approximate surface area is 218 Å². The summed E-state index contributed by atoms with van der Waals surface area (Å²) in [4.78, 5) is 14.3. The number of methoxy groups -OCH3 is 2. The van der Waals surface area contributed by atoms with Gasteiger partial charge in [0.2, 0.25) is 17.8 Å². The average molecular weight is 501 g/mol. The molecule has 8 nitrogen and oxygen atoms in total. The number of ether oxygens (including phenoxy) is 2. The molecule has 0 radical (unpaired) electrons. The Bertz CT molecular complexity index is 1100. The molecule has 4 aliphatic rings. The minimum Gasteiger partial charge on any atom is -0.497 e. The van der Waals surface area contributed by atoms with Gasteiger partial charge in [-0.15, -0.1) is 0 Å². The zero-order chi connectivity index (χ0) is 25.2. The van der Waals surface area contributed by atoms with E-state index >= 15 is 0 Å². The van der Waals surface area contributed by atoms with Crippen molar-refractivity contribution in [3.8, 4) is 11.5 Å². The molecule has 4 bridgehead atoms. The average Bonchev–Trinajstić information content (AvgIpc) is 2.93. The number of anilines is 3. The lowest BCUT2D eigenvalue weighted by molar-refractivity contribution is 0.00728. The van der Waals surface area contributed by atoms with Gasteiger partial charge < -0.3 is 25.4 Å². The highest BCUT2D eigenvalue weighted by atomic mass is 16.5. The Morgan fingerprint density at radius 2 is 1.05 bits per heavy atom. The molecule has 194 valence electrons. The van der Waals surface area contributed by atoms with Gasteiger partial charge in [0.15, 0.2) is 0 Å². The zero-order valence-corrected chi connectivity index (χ0v) is 21.6. The summed E-state index contributed by atoms with van der Waals surface area (Å²) in [6, 6.07) is 16.5. The van der Waals surface area contributed by atoms with E-state index in [4.69, 9.17) is 19.4 Å². The summed E-state index contributed by atoms with van der Waals surface area (Å²) >= 11 is 0. The van der Waals surface area contributed by atoms with Gasteiger partial charge in [-0.1, -0.05) is 24.3 Å². The fraction of sp³-hybridized carbons (Fsp3) is 0.483. The number of nitrogens with zero attached hydrogens (tertiary/aromatic N) is 3. The van der Waals surface area contributed by atoms with Gasteiger partial charge in [-0.25, -0.2) is 0 Å². The Kier molecular flexibility index (Phi) is 6.72. The van der Waals surface area contributed by atoms with Crippen LogP contribution in [-0.2, 0) is 13.1 Å². The van der Waals surface area contributed by atoms with E-state index in [0.717, 1.165) is 46.3 Å². The SMILES string of the molecule is COc1ccc(CNc2nc(NCc3ccc(OC)cc3)nc(NC3C4CC5CC(C4)CC3C5)n2)cc1. The fourth-order valence-corrected chi connectivity index (χ4v) is 6.76. The third-order valence-corrected chi connectivity index (χ3v) is 8.38. The second-order valence-electron chi connectivity index (χ2n) is 10.8. The quantitative estimate of drug-likeness (QED) is 0.343. The molecule has 1 aromatic heterocycles. The lowest BCUT2D eigenvalue weighted by Crippen LogP contribution is -2.51. The second-order valence-corrected chi connectivity index (χ2v) is 10.8. The number of benzene rings is 2. The Balaban J connectivity index is 1.19. The van der Waals surface area contributed by atoms with E-state index in [1.165, 1.54) is 32.1 Å². The monoisotopic (exact) mass is 500 g/mol. The van der Waals surface area contributed by atoms with Crippen LogP contribution in [0.15, 0.2) is 48.5 Å². The first-order valence-corrected chi connectivity index (χ1v) is 13.4. The maximum Gasteiger partial charge on any atom is 0.229 e. The highest BCUT2D eigenvalue weighted by Crippen LogP contribution is 2.54. The van der Waals surface area contributed by atoms with Gasteiger partial charge in [0, 0.05) is 19.1 Å². The Hall–Kier alpha value is -3.55. The number of hydrogen-bond acceptors (Lipinski definition) is 8. The number of hydrogen-bond donors (Lipinski definition) is 3. The van der Waals surface area contributed by atoms with E-state index in [2.05, 4.69) is 20.9 Å². The van der Waals surface area contributed by atoms with Crippen LogP contribution in [0.2, 0.25) is 0 Å². The molecule has 1 heterocycles. The molecule has 0 atom stereocenters. The van der Waals surface area contributed by atoms with Crippen molar-refractivity contribution in [2.45, 2.75) is 51.2 Å². The van der Waals surface area contributed by atoms with Gasteiger partial charge in [0.1, 0.15) is 11.5 Å². The molecule has 0 spiro atoms. The van der Waals surface area contributed by atoms with Crippen molar-refractivity contribution >= 4 is 17.8 Å². The zero-order valence-electron chi connectivity index (χ0n) is 21.6. The predicted molar refractivity (Wildman–Crippen MR) is 145 cm³/mol. The molecule has 4 aliphatic carbocycles. The molecule has 4 saturated carbocycles. The smallest absolute Gasteiger partial charge is 0.229 e. The van der Waals surface area contributed by atoms with Gasteiger partial charge in [0.05, 0.1) is 14.2 Å². The van der Waals surface area contributed by atoms with Crippen LogP contribution >= 0.6 is 0 Å². The van der Waals surface area contributed by atoms with Crippen molar-refractivity contribution in [2.24, 2.45) is 23.7 Å². The lowest BCUT2D eigenvalue weighted by atomic mass is 9.54. The molecule has 0 aliphatic heterocycles. The lowest BCUT2D eigenvalue weighted by Gasteiger charge is -2.54. The first kappa shape index (κ1) is 23.8. The molecule has 0 saturated heterocycles. The topological polar surface area (TPSA) is 93.2 Å². The highest BCUT2D eigenvalue weighted by Gasteiger charge is 2.48. The summed E-state index contributed by atoms with van der Waals surface area (Å²) in [5.41, 5.74) is 2.26. The molecule has 3 aromatic rings. The maximum atomic E-state index is 5.28. The fourth-order valence-electron chi connectivity index (χ4n) is 6.76. The van der Waals surface area contributed by atoms with Crippen LogP contribution in [0, 0.1) is 23.7 Å². The predicted octanol–water partition coefficient (Wildman–Crippen LogP) is 5.35. The minimum absolute atomic E-state index is 0.457. The number of aromatic nitrogens is 3. The summed E-state index contributed by atoms with van der Waals surface area (Å²) in [6.07, 6.45) is 6.84. The summed E-state index contributed by atoms with van der Waals surface area (Å²) in [6.45, 7) is 1.23. The van der Waals surface area contributed by atoms with Gasteiger partial charge >= 0.3 is 0 Å². The van der Waals surface area contributed by atoms with E-state index in [9.17, 15) is 0 Å². The summed E-state index contributed by atoms with van der Waals surface area (Å²) in [5, 5.41) is 10.5. The van der Waals surface area contributed by atoms with Crippen LogP contribution in [-0.4, -0.2) is 35.2 Å². The van der Waals surface area contributed by atoms with E-state index in [0.29, 0.717) is 37.0 Å². The van der Waals surface area contributed by atoms with Gasteiger partial charge in [-0.3, -0.25) is 0 Å². The molecule has 4 fully saturated rings. The van der Waals surface area contributed by atoms with Gasteiger partial charge in [-0.05, 0) is 91.2 Å². The van der Waals surface area contributed by atoms with Crippen LogP contribution in [0.4, 0.5) is 17.8 Å². The third kappa shape index (κ3) is 5.43. The van der Waals surface area contributed by atoms with Crippen LogP contribution in [0.25, 0.3) is 0 Å². The molecular formula is C29H36N6O2. The Morgan fingerprint density at radius 3 is 1.49 bits per heavy atom. The molecule has 2 aromatic carbocycles. The highest BCUT2D eigenvalue weighted by molar-refractivity contribution is 5.44.